The van der Waals surface area contributed by atoms with Gasteiger partial charge in [0.05, 0.1) is 0 Å². The molecule has 3 atom stereocenters. The van der Waals surface area contributed by atoms with Gasteiger partial charge in [-0.25, -0.2) is 4.79 Å². The molecule has 1 fully saturated rings. The summed E-state index contributed by atoms with van der Waals surface area (Å²) in [5.41, 5.74) is 4.12. The molecule has 0 bridgehead atoms. The van der Waals surface area contributed by atoms with Crippen LogP contribution in [0.25, 0.3) is 10.9 Å². The Hall–Kier alpha value is -2.01. The zero-order chi connectivity index (χ0) is 17.6. The minimum Gasteiger partial charge on any atom is -0.361 e. The lowest BCUT2D eigenvalue weighted by Crippen LogP contribution is -2.56. The number of carbonyl (C=O) groups excluding carboxylic acids is 1. The summed E-state index contributed by atoms with van der Waals surface area (Å²) in [4.78, 5) is 20.2. The number of aromatic amines is 1. The molecule has 1 aromatic carbocycles. The van der Waals surface area contributed by atoms with E-state index < -0.39 is 0 Å². The number of urea groups is 1. The number of hydrogen-bond donors (Lipinski definition) is 2. The zero-order valence-electron chi connectivity index (χ0n) is 15.4. The normalized spacial score (nSPS) is 25.6. The van der Waals surface area contributed by atoms with Crippen LogP contribution in [0, 0.1) is 0 Å². The molecule has 2 aromatic rings. The van der Waals surface area contributed by atoms with E-state index in [9.17, 15) is 4.79 Å². The lowest BCUT2D eigenvalue weighted by Gasteiger charge is -2.45. The number of benzene rings is 1. The third kappa shape index (κ3) is 2.71. The first-order valence-corrected chi connectivity index (χ1v) is 9.46. The van der Waals surface area contributed by atoms with Crippen molar-refractivity contribution in [2.75, 3.05) is 26.7 Å². The number of piperidine rings is 1. The molecule has 25 heavy (non-hydrogen) atoms. The highest BCUT2D eigenvalue weighted by molar-refractivity contribution is 5.88. The molecule has 1 saturated heterocycles. The molecular weight excluding hydrogens is 312 g/mol. The van der Waals surface area contributed by atoms with Gasteiger partial charge in [-0.3, -0.25) is 0 Å². The van der Waals surface area contributed by atoms with Crippen molar-refractivity contribution in [3.63, 3.8) is 0 Å². The van der Waals surface area contributed by atoms with Gasteiger partial charge in [-0.15, -0.1) is 0 Å². The van der Waals surface area contributed by atoms with Gasteiger partial charge in [0.2, 0.25) is 0 Å². The number of rotatable bonds is 3. The van der Waals surface area contributed by atoms with Crippen LogP contribution in [0.15, 0.2) is 24.4 Å². The van der Waals surface area contributed by atoms with Gasteiger partial charge in [0.25, 0.3) is 0 Å². The Bertz CT molecular complexity index is 779. The molecule has 2 aliphatic rings. The quantitative estimate of drug-likeness (QED) is 0.903. The largest absolute Gasteiger partial charge is 0.361 e. The highest BCUT2D eigenvalue weighted by Crippen LogP contribution is 2.42. The van der Waals surface area contributed by atoms with E-state index in [2.05, 4.69) is 46.6 Å². The average Bonchev–Trinajstić information content (AvgIpc) is 3.02. The molecule has 2 amide bonds. The van der Waals surface area contributed by atoms with Gasteiger partial charge in [-0.2, -0.15) is 0 Å². The molecule has 0 radical (unpaired) electrons. The third-order valence-corrected chi connectivity index (χ3v) is 6.10. The Balaban J connectivity index is 1.60. The van der Waals surface area contributed by atoms with Crippen molar-refractivity contribution in [2.45, 2.75) is 44.7 Å². The number of aromatic nitrogens is 1. The van der Waals surface area contributed by atoms with Gasteiger partial charge in [0.1, 0.15) is 0 Å². The summed E-state index contributed by atoms with van der Waals surface area (Å²) in [6, 6.07) is 7.38. The lowest BCUT2D eigenvalue weighted by atomic mass is 9.74. The monoisotopic (exact) mass is 340 g/mol. The van der Waals surface area contributed by atoms with Crippen LogP contribution in [0.1, 0.15) is 37.3 Å². The number of nitrogens with one attached hydrogen (secondary N) is 2. The van der Waals surface area contributed by atoms with Crippen molar-refractivity contribution in [1.29, 1.82) is 0 Å². The molecule has 1 aliphatic carbocycles. The first kappa shape index (κ1) is 16.5. The van der Waals surface area contributed by atoms with Crippen molar-refractivity contribution < 1.29 is 4.79 Å². The van der Waals surface area contributed by atoms with Crippen LogP contribution in [0.4, 0.5) is 4.79 Å². The molecule has 5 heteroatoms. The van der Waals surface area contributed by atoms with Crippen molar-refractivity contribution >= 4 is 16.9 Å². The van der Waals surface area contributed by atoms with E-state index in [1.54, 1.807) is 0 Å². The van der Waals surface area contributed by atoms with E-state index in [0.717, 1.165) is 32.5 Å². The topological polar surface area (TPSA) is 51.4 Å². The van der Waals surface area contributed by atoms with Crippen molar-refractivity contribution in [1.82, 2.24) is 20.1 Å². The maximum Gasteiger partial charge on any atom is 0.317 e. The zero-order valence-corrected chi connectivity index (χ0v) is 15.4. The maximum absolute atomic E-state index is 12.5. The summed E-state index contributed by atoms with van der Waals surface area (Å²) in [6.45, 7) is 6.48. The SMILES string of the molecule is CCN(CC)C(=O)N[C@H]1CC2c3cccc4[nH]cc(c34)CC2N(C)C1. The maximum atomic E-state index is 12.5. The van der Waals surface area contributed by atoms with Crippen LogP contribution >= 0.6 is 0 Å². The summed E-state index contributed by atoms with van der Waals surface area (Å²) in [7, 11) is 2.20. The first-order valence-electron chi connectivity index (χ1n) is 9.46. The third-order valence-electron chi connectivity index (χ3n) is 6.10. The summed E-state index contributed by atoms with van der Waals surface area (Å²) >= 11 is 0. The summed E-state index contributed by atoms with van der Waals surface area (Å²) in [5.74, 6) is 0.479. The van der Waals surface area contributed by atoms with E-state index in [-0.39, 0.29) is 12.1 Å². The second-order valence-electron chi connectivity index (χ2n) is 7.46. The molecule has 2 N–H and O–H groups in total. The van der Waals surface area contributed by atoms with Crippen molar-refractivity contribution in [3.8, 4) is 0 Å². The van der Waals surface area contributed by atoms with Crippen LogP contribution in [-0.2, 0) is 6.42 Å². The molecule has 0 spiro atoms. The Morgan fingerprint density at radius 1 is 1.36 bits per heavy atom. The lowest BCUT2D eigenvalue weighted by molar-refractivity contribution is 0.124. The Morgan fingerprint density at radius 3 is 2.92 bits per heavy atom. The van der Waals surface area contributed by atoms with Gasteiger partial charge < -0.3 is 20.1 Å². The number of hydrogen-bond acceptors (Lipinski definition) is 2. The fraction of sp³-hybridized carbons (Fsp3) is 0.550. The number of likely N-dealkylation sites (tertiary alicyclic amines) is 1. The van der Waals surface area contributed by atoms with E-state index in [4.69, 9.17) is 0 Å². The molecule has 2 heterocycles. The number of likely N-dealkylation sites (N-methyl/N-ethyl adjacent to an activating group) is 1. The fourth-order valence-electron chi connectivity index (χ4n) is 4.82. The Morgan fingerprint density at radius 2 is 2.16 bits per heavy atom. The van der Waals surface area contributed by atoms with Gasteiger partial charge in [0, 0.05) is 54.7 Å². The van der Waals surface area contributed by atoms with E-state index >= 15 is 0 Å². The number of amides is 2. The average molecular weight is 340 g/mol. The van der Waals surface area contributed by atoms with Crippen LogP contribution in [0.3, 0.4) is 0 Å². The smallest absolute Gasteiger partial charge is 0.317 e. The highest BCUT2D eigenvalue weighted by atomic mass is 16.2. The van der Waals surface area contributed by atoms with E-state index in [1.165, 1.54) is 22.0 Å². The van der Waals surface area contributed by atoms with Gasteiger partial charge in [-0.1, -0.05) is 12.1 Å². The Labute approximate surface area is 149 Å². The minimum atomic E-state index is 0.0678. The van der Waals surface area contributed by atoms with Crippen LogP contribution in [0.5, 0.6) is 0 Å². The summed E-state index contributed by atoms with van der Waals surface area (Å²) in [6.07, 6.45) is 4.28. The predicted octanol–water partition coefficient (Wildman–Crippen LogP) is 2.93. The van der Waals surface area contributed by atoms with Crippen molar-refractivity contribution in [3.05, 3.63) is 35.5 Å². The molecule has 1 aromatic heterocycles. The number of fused-ring (bicyclic) bond motifs is 2. The second kappa shape index (κ2) is 6.37. The molecule has 2 unspecified atom stereocenters. The molecule has 0 saturated carbocycles. The van der Waals surface area contributed by atoms with Gasteiger partial charge in [0.15, 0.2) is 0 Å². The molecule has 5 nitrogen and oxygen atoms in total. The summed E-state index contributed by atoms with van der Waals surface area (Å²) < 4.78 is 0. The predicted molar refractivity (Wildman–Crippen MR) is 101 cm³/mol. The van der Waals surface area contributed by atoms with Crippen molar-refractivity contribution in [2.24, 2.45) is 0 Å². The number of carbonyl (C=O) groups is 1. The fourth-order valence-corrected chi connectivity index (χ4v) is 4.82. The number of H-pyrrole nitrogens is 1. The van der Waals surface area contributed by atoms with Crippen LogP contribution in [-0.4, -0.2) is 59.6 Å². The molecule has 1 aliphatic heterocycles. The molecule has 4 rings (SSSR count). The minimum absolute atomic E-state index is 0.0678. The second-order valence-corrected chi connectivity index (χ2v) is 7.46. The Kier molecular flexibility index (Phi) is 4.20. The molecular formula is C20H28N4O. The number of nitrogens with zero attached hydrogens (tertiary/aromatic N) is 2. The van der Waals surface area contributed by atoms with Gasteiger partial charge >= 0.3 is 6.03 Å². The van der Waals surface area contributed by atoms with Crippen LogP contribution in [0.2, 0.25) is 0 Å². The summed E-state index contributed by atoms with van der Waals surface area (Å²) in [5, 5.41) is 4.68. The van der Waals surface area contributed by atoms with E-state index in [0.29, 0.717) is 12.0 Å². The molecule has 134 valence electrons. The standard InChI is InChI=1S/C20H28N4O/c1-4-24(5-2)20(25)22-14-10-16-15-7-6-8-17-19(15)13(11-21-17)9-18(16)23(3)12-14/h6-8,11,14,16,18,21H,4-5,9-10,12H2,1-3H3,(H,22,25)/t14-,16?,18?/m0/s1. The van der Waals surface area contributed by atoms with Gasteiger partial charge in [-0.05, 0) is 50.9 Å². The van der Waals surface area contributed by atoms with E-state index in [1.807, 2.05) is 18.7 Å². The highest BCUT2D eigenvalue weighted by Gasteiger charge is 2.39. The first-order chi connectivity index (χ1) is 12.1. The van der Waals surface area contributed by atoms with Crippen LogP contribution < -0.4 is 5.32 Å².